The number of rotatable bonds is 2. The van der Waals surface area contributed by atoms with Gasteiger partial charge in [0.15, 0.2) is 0 Å². The molecule has 0 unspecified atom stereocenters. The van der Waals surface area contributed by atoms with Crippen LogP contribution in [0.1, 0.15) is 91.9 Å². The van der Waals surface area contributed by atoms with Gasteiger partial charge in [0.2, 0.25) is 0 Å². The maximum absolute atomic E-state index is 12.7. The predicted octanol–water partition coefficient (Wildman–Crippen LogP) is 4.90. The van der Waals surface area contributed by atoms with E-state index in [1.54, 1.807) is 0 Å². The van der Waals surface area contributed by atoms with E-state index in [2.05, 4.69) is 33.0 Å². The van der Waals surface area contributed by atoms with Crippen molar-refractivity contribution < 1.29 is 14.3 Å². The van der Waals surface area contributed by atoms with Gasteiger partial charge in [-0.25, -0.2) is 0 Å². The Kier molecular flexibility index (Phi) is 4.93. The summed E-state index contributed by atoms with van der Waals surface area (Å²) in [5.74, 6) is 3.75. The van der Waals surface area contributed by atoms with E-state index in [9.17, 15) is 9.59 Å². The van der Waals surface area contributed by atoms with Crippen LogP contribution in [0.15, 0.2) is 0 Å². The lowest BCUT2D eigenvalue weighted by Gasteiger charge is -2.62. The van der Waals surface area contributed by atoms with Gasteiger partial charge in [-0.05, 0) is 92.8 Å². The maximum atomic E-state index is 12.7. The monoisotopic (exact) mass is 415 g/mol. The summed E-state index contributed by atoms with van der Waals surface area (Å²) < 4.78 is 6.21. The van der Waals surface area contributed by atoms with E-state index in [0.717, 1.165) is 56.9 Å². The normalized spacial score (nSPS) is 50.8. The quantitative estimate of drug-likeness (QED) is 0.652. The molecule has 0 amide bonds. The third-order valence-corrected chi connectivity index (χ3v) is 10.5. The van der Waals surface area contributed by atoms with Crippen molar-refractivity contribution in [3.8, 4) is 0 Å². The number of carbonyl (C=O) groups is 2. The van der Waals surface area contributed by atoms with Crippen LogP contribution in [0.4, 0.5) is 0 Å². The van der Waals surface area contributed by atoms with Crippen LogP contribution in [0.3, 0.4) is 0 Å². The minimum Gasteiger partial charge on any atom is -0.457 e. The van der Waals surface area contributed by atoms with E-state index in [1.165, 1.54) is 25.7 Å². The first kappa shape index (κ1) is 21.0. The second-order valence-electron chi connectivity index (χ2n) is 12.4. The van der Waals surface area contributed by atoms with E-state index in [1.807, 2.05) is 0 Å². The Morgan fingerprint density at radius 1 is 1.03 bits per heavy atom. The Bertz CT molecular complexity index is 734. The Labute approximate surface area is 182 Å². The first-order valence-electron chi connectivity index (χ1n) is 12.7. The van der Waals surface area contributed by atoms with Crippen molar-refractivity contribution in [1.29, 1.82) is 0 Å². The zero-order chi connectivity index (χ0) is 21.3. The highest BCUT2D eigenvalue weighted by Crippen LogP contribution is 2.66. The molecule has 0 radical (unpaired) electrons. The zero-order valence-electron chi connectivity index (χ0n) is 19.5. The van der Waals surface area contributed by atoms with Gasteiger partial charge in [0.05, 0.1) is 0 Å². The number of hydrogen-bond acceptors (Lipinski definition) is 4. The van der Waals surface area contributed by atoms with Crippen LogP contribution in [0.5, 0.6) is 0 Å². The van der Waals surface area contributed by atoms with E-state index in [-0.39, 0.29) is 23.0 Å². The molecule has 1 spiro atoms. The topological polar surface area (TPSA) is 55.4 Å². The van der Waals surface area contributed by atoms with Crippen LogP contribution in [0.25, 0.3) is 0 Å². The lowest BCUT2D eigenvalue weighted by Crippen LogP contribution is -2.63. The first-order chi connectivity index (χ1) is 14.2. The van der Waals surface area contributed by atoms with Gasteiger partial charge in [0.25, 0.3) is 0 Å². The van der Waals surface area contributed by atoms with Crippen LogP contribution < -0.4 is 5.32 Å². The molecule has 8 atom stereocenters. The summed E-state index contributed by atoms with van der Waals surface area (Å²) in [5.41, 5.74) is 0.0326. The second kappa shape index (κ2) is 7.05. The second-order valence-corrected chi connectivity index (χ2v) is 12.4. The summed E-state index contributed by atoms with van der Waals surface area (Å²) in [5, 5.41) is 3.55. The fourth-order valence-electron chi connectivity index (χ4n) is 8.70. The van der Waals surface area contributed by atoms with E-state index in [4.69, 9.17) is 4.74 Å². The summed E-state index contributed by atoms with van der Waals surface area (Å²) in [6.07, 6.45) is 10.8. The van der Waals surface area contributed by atoms with Crippen molar-refractivity contribution in [2.24, 2.45) is 40.4 Å². The Morgan fingerprint density at radius 3 is 2.57 bits per heavy atom. The third-order valence-electron chi connectivity index (χ3n) is 10.5. The number of nitrogens with one attached hydrogen (secondary N) is 1. The number of ether oxygens (including phenoxy) is 1. The van der Waals surface area contributed by atoms with Gasteiger partial charge in [-0.3, -0.25) is 9.59 Å². The molecule has 4 nitrogen and oxygen atoms in total. The molecular weight excluding hydrogens is 374 g/mol. The molecule has 1 heterocycles. The molecule has 0 aromatic carbocycles. The van der Waals surface area contributed by atoms with Crippen LogP contribution in [-0.4, -0.2) is 29.9 Å². The summed E-state index contributed by atoms with van der Waals surface area (Å²) in [7, 11) is 0. The number of ketones is 1. The average molecular weight is 416 g/mol. The van der Waals surface area contributed by atoms with Crippen LogP contribution in [0.2, 0.25) is 0 Å². The maximum Gasteiger partial charge on any atom is 0.323 e. The first-order valence-corrected chi connectivity index (χ1v) is 12.7. The summed E-state index contributed by atoms with van der Waals surface area (Å²) >= 11 is 0. The molecule has 1 aliphatic heterocycles. The van der Waals surface area contributed by atoms with Crippen molar-refractivity contribution in [2.45, 2.75) is 104 Å². The Hall–Kier alpha value is -0.900. The number of morpholine rings is 1. The smallest absolute Gasteiger partial charge is 0.323 e. The molecule has 168 valence electrons. The lowest BCUT2D eigenvalue weighted by molar-refractivity contribution is -0.193. The summed E-state index contributed by atoms with van der Waals surface area (Å²) in [4.78, 5) is 25.4. The molecule has 5 aliphatic rings. The number of hydrogen-bond donors (Lipinski definition) is 1. The number of esters is 1. The SMILES string of the molecule is CC(C)C[C@H]1NC[C@]2(CC[C@@]3(C)[C@@H](CC[C@@H]4[C@@H]3CC[C@]3(C)C(=O)CC[C@@H]43)C2)OC1=O. The zero-order valence-corrected chi connectivity index (χ0v) is 19.5. The molecule has 4 aliphatic carbocycles. The molecule has 0 bridgehead atoms. The van der Waals surface area contributed by atoms with Crippen LogP contribution in [0, 0.1) is 40.4 Å². The molecule has 4 heteroatoms. The van der Waals surface area contributed by atoms with E-state index >= 15 is 0 Å². The van der Waals surface area contributed by atoms with Crippen molar-refractivity contribution in [2.75, 3.05) is 6.54 Å². The molecule has 4 saturated carbocycles. The highest BCUT2D eigenvalue weighted by atomic mass is 16.6. The van der Waals surface area contributed by atoms with Crippen LogP contribution >= 0.6 is 0 Å². The lowest BCUT2D eigenvalue weighted by atomic mass is 9.44. The predicted molar refractivity (Wildman–Crippen MR) is 117 cm³/mol. The van der Waals surface area contributed by atoms with Crippen molar-refractivity contribution in [3.63, 3.8) is 0 Å². The minimum absolute atomic E-state index is 0.0230. The van der Waals surface area contributed by atoms with Gasteiger partial charge in [-0.15, -0.1) is 0 Å². The van der Waals surface area contributed by atoms with Crippen LogP contribution in [-0.2, 0) is 14.3 Å². The highest BCUT2D eigenvalue weighted by Gasteiger charge is 2.62. The fraction of sp³-hybridized carbons (Fsp3) is 0.923. The van der Waals surface area contributed by atoms with Crippen molar-refractivity contribution in [1.82, 2.24) is 5.32 Å². The van der Waals surface area contributed by atoms with E-state index in [0.29, 0.717) is 29.0 Å². The summed E-state index contributed by atoms with van der Waals surface area (Å²) in [6, 6.07) is -0.129. The molecule has 0 aromatic rings. The van der Waals surface area contributed by atoms with Gasteiger partial charge in [-0.1, -0.05) is 27.7 Å². The van der Waals surface area contributed by atoms with Crippen molar-refractivity contribution in [3.05, 3.63) is 0 Å². The highest BCUT2D eigenvalue weighted by molar-refractivity contribution is 5.87. The molecule has 0 aromatic heterocycles. The molecule has 5 fully saturated rings. The molecule has 1 saturated heterocycles. The standard InChI is InChI=1S/C26H41NO3/c1-16(2)13-21-23(29)30-26(15-27-21)12-11-24(3)17(14-26)5-6-18-19-7-8-22(28)25(19,4)10-9-20(18)24/h16-21,27H,5-15H2,1-4H3/t17-,18-,19-,20-,21+,24-,25-,26+/m0/s1. The molecule has 5 rings (SSSR count). The minimum atomic E-state index is -0.284. The number of Topliss-reactive ketones (excluding diaryl/α,β-unsaturated/α-hetero) is 1. The summed E-state index contributed by atoms with van der Waals surface area (Å²) in [6.45, 7) is 9.97. The number of carbonyl (C=O) groups excluding carboxylic acids is 2. The Balaban J connectivity index is 1.31. The van der Waals surface area contributed by atoms with Gasteiger partial charge in [0, 0.05) is 18.4 Å². The molecule has 1 N–H and O–H groups in total. The largest absolute Gasteiger partial charge is 0.457 e. The Morgan fingerprint density at radius 2 is 1.83 bits per heavy atom. The molecule has 30 heavy (non-hydrogen) atoms. The molecular formula is C26H41NO3. The fourth-order valence-corrected chi connectivity index (χ4v) is 8.70. The third kappa shape index (κ3) is 3.03. The van der Waals surface area contributed by atoms with Gasteiger partial charge in [-0.2, -0.15) is 0 Å². The van der Waals surface area contributed by atoms with Gasteiger partial charge in [0.1, 0.15) is 17.4 Å². The van der Waals surface area contributed by atoms with Gasteiger partial charge >= 0.3 is 5.97 Å². The van der Waals surface area contributed by atoms with Gasteiger partial charge < -0.3 is 10.1 Å². The van der Waals surface area contributed by atoms with Crippen molar-refractivity contribution >= 4 is 11.8 Å². The number of fused-ring (bicyclic) bond motifs is 5. The average Bonchev–Trinajstić information content (AvgIpc) is 3.00. The van der Waals surface area contributed by atoms with E-state index < -0.39 is 0 Å².